The molecule has 35 heavy (non-hydrogen) atoms. The molecule has 4 aromatic rings. The van der Waals surface area contributed by atoms with Crippen LogP contribution in [0.5, 0.6) is 0 Å². The topological polar surface area (TPSA) is 48.6 Å². The number of hydrogen-bond donors (Lipinski definition) is 0. The number of likely N-dealkylation sites (N-methyl/N-ethyl adjacent to an activating group) is 1. The van der Waals surface area contributed by atoms with E-state index in [2.05, 4.69) is 77.4 Å². The van der Waals surface area contributed by atoms with Crippen molar-refractivity contribution >= 4 is 38.9 Å². The first-order valence-electron chi connectivity index (χ1n) is 12.1. The summed E-state index contributed by atoms with van der Waals surface area (Å²) in [5.41, 5.74) is 5.41. The Hall–Kier alpha value is -3.61. The predicted octanol–water partition coefficient (Wildman–Crippen LogP) is 4.93. The Labute approximate surface area is 204 Å². The minimum absolute atomic E-state index is 0.111. The molecule has 0 N–H and O–H groups in total. The summed E-state index contributed by atoms with van der Waals surface area (Å²) in [4.78, 5) is 15.4. The Morgan fingerprint density at radius 3 is 2.17 bits per heavy atom. The van der Waals surface area contributed by atoms with Gasteiger partial charge in [0.15, 0.2) is 0 Å². The molecule has 2 aromatic heterocycles. The van der Waals surface area contributed by atoms with Gasteiger partial charge in [-0.3, -0.25) is 0 Å². The monoisotopic (exact) mass is 467 g/mol. The maximum atomic E-state index is 13.2. The number of hydrogen-bond acceptors (Lipinski definition) is 4. The molecule has 0 aliphatic carbocycles. The van der Waals surface area contributed by atoms with E-state index in [4.69, 9.17) is 9.47 Å². The molecule has 0 saturated heterocycles. The van der Waals surface area contributed by atoms with E-state index in [1.165, 1.54) is 0 Å². The van der Waals surface area contributed by atoms with Crippen LogP contribution in [0.3, 0.4) is 0 Å². The van der Waals surface area contributed by atoms with Crippen molar-refractivity contribution in [1.29, 1.82) is 0 Å². The van der Waals surface area contributed by atoms with E-state index in [9.17, 15) is 4.79 Å². The van der Waals surface area contributed by atoms with Gasteiger partial charge in [-0.15, -0.1) is 0 Å². The number of aromatic nitrogens is 2. The zero-order valence-electron chi connectivity index (χ0n) is 20.2. The summed E-state index contributed by atoms with van der Waals surface area (Å²) in [6, 6.07) is 16.5. The number of carbonyl (C=O) groups is 1. The second kappa shape index (κ2) is 8.56. The summed E-state index contributed by atoms with van der Waals surface area (Å²) in [7, 11) is 4.17. The quantitative estimate of drug-likeness (QED) is 0.393. The number of ether oxygens (including phenoxy) is 2. The molecule has 2 aromatic carbocycles. The van der Waals surface area contributed by atoms with E-state index < -0.39 is 0 Å². The lowest BCUT2D eigenvalue weighted by atomic mass is 9.95. The largest absolute Gasteiger partial charge is 0.423 e. The molecule has 6 heteroatoms. The molecule has 6 rings (SSSR count). The molecule has 6 nitrogen and oxygen atoms in total. The number of allylic oxidation sites excluding steroid dienone is 1. The van der Waals surface area contributed by atoms with Crippen LogP contribution < -0.4 is 0 Å². The molecule has 2 aliphatic heterocycles. The summed E-state index contributed by atoms with van der Waals surface area (Å²) in [6.07, 6.45) is 5.20. The van der Waals surface area contributed by atoms with Crippen molar-refractivity contribution in [2.45, 2.75) is 25.6 Å². The van der Waals surface area contributed by atoms with Crippen LogP contribution >= 0.6 is 0 Å². The van der Waals surface area contributed by atoms with Crippen LogP contribution in [0.2, 0.25) is 0 Å². The van der Waals surface area contributed by atoms with Gasteiger partial charge in [-0.2, -0.15) is 0 Å². The van der Waals surface area contributed by atoms with Gasteiger partial charge in [0.1, 0.15) is 5.76 Å². The van der Waals surface area contributed by atoms with E-state index in [1.807, 2.05) is 18.2 Å². The summed E-state index contributed by atoms with van der Waals surface area (Å²) in [5, 5.41) is 2.11. The van der Waals surface area contributed by atoms with Crippen molar-refractivity contribution in [2.75, 3.05) is 27.2 Å². The maximum Gasteiger partial charge on any atom is 0.345 e. The number of carbonyl (C=O) groups excluding carboxylic acids is 1. The van der Waals surface area contributed by atoms with E-state index in [0.29, 0.717) is 24.5 Å². The van der Waals surface area contributed by atoms with Crippen molar-refractivity contribution in [3.63, 3.8) is 0 Å². The number of nitrogens with zero attached hydrogens (tertiary/aromatic N) is 3. The number of benzene rings is 2. The Balaban J connectivity index is 1.62. The molecule has 0 saturated carbocycles. The molecule has 0 unspecified atom stereocenters. The average molecular weight is 468 g/mol. The van der Waals surface area contributed by atoms with Crippen LogP contribution in [-0.2, 0) is 27.4 Å². The number of cyclic esters (lactones) is 1. The molecular formula is C29H29N3O3. The first-order chi connectivity index (χ1) is 17.0. The van der Waals surface area contributed by atoms with Crippen LogP contribution in [0.25, 0.3) is 33.0 Å². The summed E-state index contributed by atoms with van der Waals surface area (Å²) in [5.74, 6) is 0.0600. The van der Waals surface area contributed by atoms with Gasteiger partial charge in [-0.05, 0) is 32.6 Å². The second-order valence-electron chi connectivity index (χ2n) is 9.61. The number of rotatable bonds is 2. The van der Waals surface area contributed by atoms with Gasteiger partial charge in [0.25, 0.3) is 0 Å². The van der Waals surface area contributed by atoms with Crippen molar-refractivity contribution in [3.8, 4) is 0 Å². The summed E-state index contributed by atoms with van der Waals surface area (Å²) >= 11 is 0. The predicted molar refractivity (Wildman–Crippen MR) is 139 cm³/mol. The average Bonchev–Trinajstić information content (AvgIpc) is 3.47. The highest BCUT2D eigenvalue weighted by atomic mass is 16.5. The molecular weight excluding hydrogens is 438 g/mol. The summed E-state index contributed by atoms with van der Waals surface area (Å²) in [6.45, 7) is 7.11. The molecule has 0 radical (unpaired) electrons. The lowest BCUT2D eigenvalue weighted by Gasteiger charge is -2.22. The zero-order valence-corrected chi connectivity index (χ0v) is 20.2. The number of aryl methyl sites for hydroxylation is 1. The van der Waals surface area contributed by atoms with Gasteiger partial charge in [0, 0.05) is 70.5 Å². The molecule has 0 amide bonds. The van der Waals surface area contributed by atoms with Gasteiger partial charge >= 0.3 is 5.97 Å². The Bertz CT molecular complexity index is 1500. The van der Waals surface area contributed by atoms with Crippen molar-refractivity contribution < 1.29 is 14.3 Å². The number of esters is 1. The van der Waals surface area contributed by atoms with Crippen LogP contribution in [0.15, 0.2) is 73.3 Å². The van der Waals surface area contributed by atoms with Crippen LogP contribution in [0.1, 0.15) is 17.5 Å². The highest BCUT2D eigenvalue weighted by Crippen LogP contribution is 2.44. The highest BCUT2D eigenvalue weighted by molar-refractivity contribution is 6.33. The molecule has 1 atom stereocenters. The van der Waals surface area contributed by atoms with Crippen LogP contribution in [0.4, 0.5) is 0 Å². The van der Waals surface area contributed by atoms with E-state index in [0.717, 1.165) is 58.0 Å². The van der Waals surface area contributed by atoms with Crippen LogP contribution in [-0.4, -0.2) is 53.4 Å². The van der Waals surface area contributed by atoms with Crippen molar-refractivity contribution in [3.05, 3.63) is 84.4 Å². The smallest absolute Gasteiger partial charge is 0.345 e. The van der Waals surface area contributed by atoms with Crippen molar-refractivity contribution in [1.82, 2.24) is 14.0 Å². The third-order valence-corrected chi connectivity index (χ3v) is 7.01. The van der Waals surface area contributed by atoms with Gasteiger partial charge in [0.2, 0.25) is 0 Å². The molecule has 0 spiro atoms. The first-order valence-corrected chi connectivity index (χ1v) is 12.1. The van der Waals surface area contributed by atoms with Crippen molar-refractivity contribution in [2.24, 2.45) is 0 Å². The fourth-order valence-electron chi connectivity index (χ4n) is 5.48. The standard InChI is InChI=1S/C29H29N3O3/c1-19-27-23-17-31(25-10-6-4-8-21(23)25)13-12-20(16-30(2)3)34-15-14-32-18-24(28(27)29(33)35-19)22-9-5-7-11-26(22)32/h4-11,17-18,20H,1,12-16H2,2-3H3/t20-/m1/s1. The molecule has 0 fully saturated rings. The first kappa shape index (κ1) is 21.9. The van der Waals surface area contributed by atoms with E-state index in [1.54, 1.807) is 0 Å². The minimum Gasteiger partial charge on any atom is -0.423 e. The van der Waals surface area contributed by atoms with Gasteiger partial charge < -0.3 is 23.5 Å². The Morgan fingerprint density at radius 2 is 1.51 bits per heavy atom. The second-order valence-corrected chi connectivity index (χ2v) is 9.61. The molecule has 178 valence electrons. The highest BCUT2D eigenvalue weighted by Gasteiger charge is 2.34. The van der Waals surface area contributed by atoms with E-state index >= 15 is 0 Å². The Morgan fingerprint density at radius 1 is 0.914 bits per heavy atom. The van der Waals surface area contributed by atoms with Gasteiger partial charge in [-0.1, -0.05) is 43.0 Å². The molecule has 4 bridgehead atoms. The maximum absolute atomic E-state index is 13.2. The summed E-state index contributed by atoms with van der Waals surface area (Å²) < 4.78 is 16.5. The lowest BCUT2D eigenvalue weighted by Crippen LogP contribution is -2.30. The van der Waals surface area contributed by atoms with E-state index in [-0.39, 0.29) is 12.1 Å². The molecule has 2 aliphatic rings. The third kappa shape index (κ3) is 3.70. The Kier molecular flexibility index (Phi) is 5.35. The van der Waals surface area contributed by atoms with Gasteiger partial charge in [0.05, 0.1) is 18.3 Å². The number of fused-ring (bicyclic) bond motifs is 12. The fraction of sp³-hybridized carbons (Fsp3) is 0.276. The fourth-order valence-corrected chi connectivity index (χ4v) is 5.48. The SMILES string of the molecule is C=C1OC(=O)C2=C1c1cn(c3ccccc13)CC[C@H](CN(C)C)OCCn1cc2c2ccccc21. The van der Waals surface area contributed by atoms with Crippen LogP contribution in [0, 0.1) is 0 Å². The normalized spacial score (nSPS) is 18.9. The number of para-hydroxylation sites is 2. The molecule has 4 heterocycles. The zero-order chi connectivity index (χ0) is 24.1. The third-order valence-electron chi connectivity index (χ3n) is 7.01. The van der Waals surface area contributed by atoms with Gasteiger partial charge in [-0.25, -0.2) is 4.79 Å². The lowest BCUT2D eigenvalue weighted by molar-refractivity contribution is -0.131. The minimum atomic E-state index is -0.348.